The van der Waals surface area contributed by atoms with Gasteiger partial charge in [0.1, 0.15) is 5.41 Å². The van der Waals surface area contributed by atoms with Crippen LogP contribution in [0.2, 0.25) is 0 Å². The summed E-state index contributed by atoms with van der Waals surface area (Å²) in [6.45, 7) is 5.94. The minimum atomic E-state index is -0.916. The van der Waals surface area contributed by atoms with Crippen LogP contribution in [0.5, 0.6) is 0 Å². The van der Waals surface area contributed by atoms with Gasteiger partial charge in [0.15, 0.2) is 0 Å². The summed E-state index contributed by atoms with van der Waals surface area (Å²) < 4.78 is 4.89. The molecule has 2 aromatic carbocycles. The minimum absolute atomic E-state index is 0.0667. The summed E-state index contributed by atoms with van der Waals surface area (Å²) in [7, 11) is 1.36. The van der Waals surface area contributed by atoms with Gasteiger partial charge in [0, 0.05) is 25.7 Å². The Balaban J connectivity index is 1.23. The maximum atomic E-state index is 13.0. The van der Waals surface area contributed by atoms with E-state index in [0.717, 1.165) is 25.4 Å². The van der Waals surface area contributed by atoms with Crippen molar-refractivity contribution in [3.05, 3.63) is 59.2 Å². The van der Waals surface area contributed by atoms with Crippen molar-refractivity contribution >= 4 is 11.9 Å². The van der Waals surface area contributed by atoms with E-state index in [4.69, 9.17) is 4.74 Å². The Morgan fingerprint density at radius 1 is 1.03 bits per heavy atom. The molecule has 2 fully saturated rings. The number of nitrogens with zero attached hydrogens (tertiary/aromatic N) is 2. The Morgan fingerprint density at radius 3 is 2.45 bits per heavy atom. The number of esters is 1. The van der Waals surface area contributed by atoms with Crippen molar-refractivity contribution in [2.45, 2.75) is 58.0 Å². The Labute approximate surface area is 196 Å². The first-order valence-electron chi connectivity index (χ1n) is 12.3. The molecule has 2 aliphatic heterocycles. The molecule has 2 heterocycles. The van der Waals surface area contributed by atoms with Gasteiger partial charge in [-0.25, -0.2) is 0 Å². The van der Waals surface area contributed by atoms with Crippen LogP contribution in [0.15, 0.2) is 42.5 Å². The molecule has 0 N–H and O–H groups in total. The highest BCUT2D eigenvalue weighted by atomic mass is 16.5. The van der Waals surface area contributed by atoms with Crippen LogP contribution in [0.25, 0.3) is 11.1 Å². The number of carbonyl (C=O) groups excluding carboxylic acids is 2. The molecular formula is C28H34N2O3. The number of carbonyl (C=O) groups is 2. The molecule has 0 radical (unpaired) electrons. The zero-order valence-electron chi connectivity index (χ0n) is 19.8. The molecule has 3 aliphatic rings. The number of amides is 1. The predicted molar refractivity (Wildman–Crippen MR) is 129 cm³/mol. The summed E-state index contributed by atoms with van der Waals surface area (Å²) in [6, 6.07) is 16.3. The monoisotopic (exact) mass is 446 g/mol. The molecule has 5 nitrogen and oxygen atoms in total. The van der Waals surface area contributed by atoms with E-state index >= 15 is 0 Å². The van der Waals surface area contributed by atoms with Crippen LogP contribution in [0.4, 0.5) is 0 Å². The van der Waals surface area contributed by atoms with Crippen molar-refractivity contribution in [3.63, 3.8) is 0 Å². The van der Waals surface area contributed by atoms with Crippen molar-refractivity contribution in [2.75, 3.05) is 26.7 Å². The van der Waals surface area contributed by atoms with Gasteiger partial charge in [0.05, 0.1) is 7.11 Å². The highest BCUT2D eigenvalue weighted by Crippen LogP contribution is 2.48. The van der Waals surface area contributed by atoms with E-state index in [1.807, 2.05) is 4.90 Å². The van der Waals surface area contributed by atoms with Gasteiger partial charge in [-0.2, -0.15) is 0 Å². The normalized spacial score (nSPS) is 21.5. The zero-order chi connectivity index (χ0) is 23.0. The fraction of sp³-hybridized carbons (Fsp3) is 0.500. The van der Waals surface area contributed by atoms with Gasteiger partial charge in [-0.1, -0.05) is 42.5 Å². The van der Waals surface area contributed by atoms with Crippen molar-refractivity contribution in [1.29, 1.82) is 0 Å². The maximum Gasteiger partial charge on any atom is 0.321 e. The average molecular weight is 447 g/mol. The summed E-state index contributed by atoms with van der Waals surface area (Å²) in [6.07, 6.45) is 5.79. The lowest BCUT2D eigenvalue weighted by Gasteiger charge is -2.31. The summed E-state index contributed by atoms with van der Waals surface area (Å²) in [5, 5.41) is 0. The lowest BCUT2D eigenvalue weighted by atomic mass is 9.93. The first-order valence-corrected chi connectivity index (χ1v) is 12.3. The quantitative estimate of drug-likeness (QED) is 0.493. The van der Waals surface area contributed by atoms with Crippen molar-refractivity contribution in [2.24, 2.45) is 5.41 Å². The standard InChI is InChI=1S/C28H34N2O3/c1-20-4-3-15-29(20)16-11-21-5-7-22(8-6-21)23-9-10-25-19-30(17-12-24(25)18-23)26(31)28(13-14-28)27(32)33-2/h5-10,18,20H,3-4,11-17,19H2,1-2H3/t20-/m1/s1. The van der Waals surface area contributed by atoms with E-state index in [2.05, 4.69) is 54.3 Å². The largest absolute Gasteiger partial charge is 0.468 e. The van der Waals surface area contributed by atoms with Gasteiger partial charge < -0.3 is 14.5 Å². The van der Waals surface area contributed by atoms with Crippen molar-refractivity contribution in [1.82, 2.24) is 9.80 Å². The molecule has 1 amide bonds. The second-order valence-electron chi connectivity index (χ2n) is 10.0. The van der Waals surface area contributed by atoms with Crippen LogP contribution >= 0.6 is 0 Å². The predicted octanol–water partition coefficient (Wildman–Crippen LogP) is 4.22. The molecule has 1 aliphatic carbocycles. The van der Waals surface area contributed by atoms with Gasteiger partial charge in [0.2, 0.25) is 5.91 Å². The molecule has 0 spiro atoms. The van der Waals surface area contributed by atoms with E-state index < -0.39 is 5.41 Å². The third-order valence-corrected chi connectivity index (χ3v) is 7.91. The molecule has 1 atom stereocenters. The van der Waals surface area contributed by atoms with E-state index in [1.54, 1.807) is 0 Å². The van der Waals surface area contributed by atoms with Crippen molar-refractivity contribution in [3.8, 4) is 11.1 Å². The number of hydrogen-bond donors (Lipinski definition) is 0. The number of ether oxygens (including phenoxy) is 1. The van der Waals surface area contributed by atoms with Gasteiger partial charge in [-0.3, -0.25) is 9.59 Å². The minimum Gasteiger partial charge on any atom is -0.468 e. The number of methoxy groups -OCH3 is 1. The average Bonchev–Trinajstić information content (AvgIpc) is 3.57. The van der Waals surface area contributed by atoms with Crippen LogP contribution in [0, 0.1) is 5.41 Å². The molecule has 1 saturated carbocycles. The summed E-state index contributed by atoms with van der Waals surface area (Å²) in [4.78, 5) is 29.5. The maximum absolute atomic E-state index is 13.0. The lowest BCUT2D eigenvalue weighted by Crippen LogP contribution is -2.43. The fourth-order valence-electron chi connectivity index (χ4n) is 5.50. The molecule has 0 unspecified atom stereocenters. The van der Waals surface area contributed by atoms with Gasteiger partial charge in [0.25, 0.3) is 0 Å². The number of likely N-dealkylation sites (tertiary alicyclic amines) is 1. The van der Waals surface area contributed by atoms with Gasteiger partial charge >= 0.3 is 5.97 Å². The molecule has 0 aromatic heterocycles. The van der Waals surface area contributed by atoms with Crippen LogP contribution in [-0.4, -0.2) is 54.5 Å². The van der Waals surface area contributed by atoms with Crippen LogP contribution in [0.1, 0.15) is 49.3 Å². The third-order valence-electron chi connectivity index (χ3n) is 7.91. The highest BCUT2D eigenvalue weighted by molar-refractivity contribution is 6.05. The smallest absolute Gasteiger partial charge is 0.321 e. The van der Waals surface area contributed by atoms with E-state index in [-0.39, 0.29) is 11.9 Å². The van der Waals surface area contributed by atoms with Crippen LogP contribution < -0.4 is 0 Å². The van der Waals surface area contributed by atoms with E-state index in [9.17, 15) is 9.59 Å². The Kier molecular flexibility index (Phi) is 6.00. The first kappa shape index (κ1) is 22.1. The second-order valence-corrected chi connectivity index (χ2v) is 10.0. The SMILES string of the molecule is COC(=O)C1(C(=O)N2CCc3cc(-c4ccc(CCN5CCC[C@H]5C)cc4)ccc3C2)CC1. The molecule has 174 valence electrons. The molecule has 1 saturated heterocycles. The van der Waals surface area contributed by atoms with E-state index in [1.165, 1.54) is 54.3 Å². The second kappa shape index (κ2) is 8.94. The Hall–Kier alpha value is -2.66. The molecule has 5 heteroatoms. The summed E-state index contributed by atoms with van der Waals surface area (Å²) in [5.74, 6) is -0.449. The summed E-state index contributed by atoms with van der Waals surface area (Å²) >= 11 is 0. The summed E-state index contributed by atoms with van der Waals surface area (Å²) in [5.41, 5.74) is 5.41. The van der Waals surface area contributed by atoms with Gasteiger partial charge in [-0.05, 0) is 79.8 Å². The topological polar surface area (TPSA) is 49.9 Å². The van der Waals surface area contributed by atoms with Crippen LogP contribution in [-0.2, 0) is 33.7 Å². The lowest BCUT2D eigenvalue weighted by molar-refractivity contribution is -0.156. The Bertz CT molecular complexity index is 1040. The molecule has 2 aromatic rings. The number of rotatable bonds is 6. The van der Waals surface area contributed by atoms with E-state index in [0.29, 0.717) is 25.9 Å². The fourth-order valence-corrected chi connectivity index (χ4v) is 5.50. The molecule has 0 bridgehead atoms. The first-order chi connectivity index (χ1) is 16.0. The number of hydrogen-bond acceptors (Lipinski definition) is 4. The third kappa shape index (κ3) is 4.31. The Morgan fingerprint density at radius 2 is 1.79 bits per heavy atom. The number of benzene rings is 2. The highest BCUT2D eigenvalue weighted by Gasteiger charge is 2.59. The number of fused-ring (bicyclic) bond motifs is 1. The van der Waals surface area contributed by atoms with Crippen LogP contribution in [0.3, 0.4) is 0 Å². The zero-order valence-corrected chi connectivity index (χ0v) is 19.8. The molecular weight excluding hydrogens is 412 g/mol. The molecule has 5 rings (SSSR count). The van der Waals surface area contributed by atoms with Gasteiger partial charge in [-0.15, -0.1) is 0 Å². The van der Waals surface area contributed by atoms with Crippen molar-refractivity contribution < 1.29 is 14.3 Å². The molecule has 33 heavy (non-hydrogen) atoms.